The lowest BCUT2D eigenvalue weighted by atomic mass is 10.2. The molecule has 0 saturated carbocycles. The minimum absolute atomic E-state index is 0.0196. The van der Waals surface area contributed by atoms with Crippen LogP contribution in [0.2, 0.25) is 0 Å². The topological polar surface area (TPSA) is 54.9 Å². The standard InChI is InChI=1S/C13H10F3N3O/c14-13(15,16)10-3-5-18-11(7-10)19-12(20)6-9-2-1-4-17-8-9/h1-5,7-8H,6H2,(H,18,19,20). The number of carbonyl (C=O) groups excluding carboxylic acids is 1. The summed E-state index contributed by atoms with van der Waals surface area (Å²) < 4.78 is 37.5. The van der Waals surface area contributed by atoms with Crippen LogP contribution in [0.4, 0.5) is 19.0 Å². The van der Waals surface area contributed by atoms with Gasteiger partial charge in [0.2, 0.25) is 5.91 Å². The van der Waals surface area contributed by atoms with Gasteiger partial charge in [-0.3, -0.25) is 9.78 Å². The Kier molecular flexibility index (Phi) is 3.97. The molecule has 2 aromatic heterocycles. The number of carbonyl (C=O) groups is 1. The Labute approximate surface area is 112 Å². The average Bonchev–Trinajstić information content (AvgIpc) is 2.39. The third-order valence-electron chi connectivity index (χ3n) is 2.44. The van der Waals surface area contributed by atoms with Crippen LogP contribution in [0.5, 0.6) is 0 Å². The smallest absolute Gasteiger partial charge is 0.310 e. The molecule has 2 aromatic rings. The van der Waals surface area contributed by atoms with Crippen LogP contribution in [0.3, 0.4) is 0 Å². The van der Waals surface area contributed by atoms with Gasteiger partial charge >= 0.3 is 6.18 Å². The highest BCUT2D eigenvalue weighted by Gasteiger charge is 2.30. The number of pyridine rings is 2. The molecular formula is C13H10F3N3O. The molecule has 2 heterocycles. The number of anilines is 1. The lowest BCUT2D eigenvalue weighted by Gasteiger charge is -2.09. The molecule has 20 heavy (non-hydrogen) atoms. The van der Waals surface area contributed by atoms with E-state index in [0.29, 0.717) is 5.56 Å². The van der Waals surface area contributed by atoms with Gasteiger partial charge in [0, 0.05) is 18.6 Å². The quantitative estimate of drug-likeness (QED) is 0.941. The van der Waals surface area contributed by atoms with Gasteiger partial charge < -0.3 is 5.32 Å². The van der Waals surface area contributed by atoms with Crippen LogP contribution in [0, 0.1) is 0 Å². The number of aromatic nitrogens is 2. The summed E-state index contributed by atoms with van der Waals surface area (Å²) in [5.41, 5.74) is -0.193. The maximum Gasteiger partial charge on any atom is 0.416 e. The van der Waals surface area contributed by atoms with E-state index < -0.39 is 17.6 Å². The van der Waals surface area contributed by atoms with Crippen LogP contribution in [0.15, 0.2) is 42.9 Å². The molecular weight excluding hydrogens is 271 g/mol. The fourth-order valence-corrected chi connectivity index (χ4v) is 1.55. The van der Waals surface area contributed by atoms with E-state index in [1.54, 1.807) is 18.3 Å². The largest absolute Gasteiger partial charge is 0.416 e. The molecule has 0 aromatic carbocycles. The third kappa shape index (κ3) is 3.78. The summed E-state index contributed by atoms with van der Waals surface area (Å²) in [6.07, 6.45) is -0.366. The van der Waals surface area contributed by atoms with E-state index in [1.807, 2.05) is 0 Å². The molecule has 1 N–H and O–H groups in total. The summed E-state index contributed by atoms with van der Waals surface area (Å²) in [4.78, 5) is 19.2. The van der Waals surface area contributed by atoms with E-state index >= 15 is 0 Å². The zero-order valence-corrected chi connectivity index (χ0v) is 10.2. The van der Waals surface area contributed by atoms with Gasteiger partial charge in [-0.05, 0) is 23.8 Å². The van der Waals surface area contributed by atoms with Crippen molar-refractivity contribution in [3.8, 4) is 0 Å². The number of nitrogens with zero attached hydrogens (tertiary/aromatic N) is 2. The molecule has 0 saturated heterocycles. The van der Waals surface area contributed by atoms with Crippen LogP contribution in [0.1, 0.15) is 11.1 Å². The summed E-state index contributed by atoms with van der Waals surface area (Å²) in [6.45, 7) is 0. The molecule has 104 valence electrons. The average molecular weight is 281 g/mol. The zero-order chi connectivity index (χ0) is 14.6. The van der Waals surface area contributed by atoms with Crippen molar-refractivity contribution in [3.05, 3.63) is 54.0 Å². The second-order valence-corrected chi connectivity index (χ2v) is 4.01. The summed E-state index contributed by atoms with van der Waals surface area (Å²) in [6, 6.07) is 5.01. The fourth-order valence-electron chi connectivity index (χ4n) is 1.55. The van der Waals surface area contributed by atoms with Crippen molar-refractivity contribution in [1.29, 1.82) is 0 Å². The first-order chi connectivity index (χ1) is 9.45. The molecule has 0 unspecified atom stereocenters. The Morgan fingerprint density at radius 1 is 1.25 bits per heavy atom. The van der Waals surface area contributed by atoms with E-state index in [9.17, 15) is 18.0 Å². The summed E-state index contributed by atoms with van der Waals surface area (Å²) in [7, 11) is 0. The van der Waals surface area contributed by atoms with Gasteiger partial charge in [-0.1, -0.05) is 6.07 Å². The number of halogens is 3. The number of hydrogen-bond acceptors (Lipinski definition) is 3. The van der Waals surface area contributed by atoms with E-state index in [2.05, 4.69) is 15.3 Å². The van der Waals surface area contributed by atoms with Gasteiger partial charge in [0.15, 0.2) is 0 Å². The first kappa shape index (κ1) is 14.0. The highest BCUT2D eigenvalue weighted by atomic mass is 19.4. The van der Waals surface area contributed by atoms with Crippen molar-refractivity contribution < 1.29 is 18.0 Å². The molecule has 4 nitrogen and oxygen atoms in total. The predicted octanol–water partition coefficient (Wildman–Crippen LogP) is 2.68. The van der Waals surface area contributed by atoms with Crippen molar-refractivity contribution in [2.45, 2.75) is 12.6 Å². The molecule has 0 radical (unpaired) electrons. The first-order valence-corrected chi connectivity index (χ1v) is 5.67. The van der Waals surface area contributed by atoms with E-state index in [-0.39, 0.29) is 12.2 Å². The van der Waals surface area contributed by atoms with Crippen molar-refractivity contribution in [3.63, 3.8) is 0 Å². The monoisotopic (exact) mass is 281 g/mol. The Hall–Kier alpha value is -2.44. The predicted molar refractivity (Wildman–Crippen MR) is 65.8 cm³/mol. The number of amides is 1. The maximum atomic E-state index is 12.5. The molecule has 0 bridgehead atoms. The number of rotatable bonds is 3. The van der Waals surface area contributed by atoms with Crippen molar-refractivity contribution in [1.82, 2.24) is 9.97 Å². The van der Waals surface area contributed by atoms with Crippen LogP contribution < -0.4 is 5.32 Å². The van der Waals surface area contributed by atoms with Gasteiger partial charge in [0.05, 0.1) is 12.0 Å². The van der Waals surface area contributed by atoms with Crippen molar-refractivity contribution >= 4 is 11.7 Å². The minimum atomic E-state index is -4.47. The molecule has 0 aliphatic rings. The first-order valence-electron chi connectivity index (χ1n) is 5.67. The Balaban J connectivity index is 2.05. The molecule has 0 spiro atoms. The third-order valence-corrected chi connectivity index (χ3v) is 2.44. The lowest BCUT2D eigenvalue weighted by Crippen LogP contribution is -2.16. The molecule has 0 aliphatic carbocycles. The van der Waals surface area contributed by atoms with Gasteiger partial charge in [-0.15, -0.1) is 0 Å². The van der Waals surface area contributed by atoms with Crippen LogP contribution in [0.25, 0.3) is 0 Å². The van der Waals surface area contributed by atoms with Gasteiger partial charge in [-0.25, -0.2) is 4.98 Å². The number of hydrogen-bond donors (Lipinski definition) is 1. The SMILES string of the molecule is O=C(Cc1cccnc1)Nc1cc(C(F)(F)F)ccn1. The molecule has 0 aliphatic heterocycles. The highest BCUT2D eigenvalue weighted by molar-refractivity contribution is 5.91. The summed E-state index contributed by atoms with van der Waals surface area (Å²) in [5, 5.41) is 2.33. The van der Waals surface area contributed by atoms with E-state index in [0.717, 1.165) is 18.3 Å². The lowest BCUT2D eigenvalue weighted by molar-refractivity contribution is -0.137. The molecule has 0 atom stereocenters. The van der Waals surface area contributed by atoms with Crippen LogP contribution >= 0.6 is 0 Å². The molecule has 2 rings (SSSR count). The Morgan fingerprint density at radius 2 is 2.05 bits per heavy atom. The highest BCUT2D eigenvalue weighted by Crippen LogP contribution is 2.29. The summed E-state index contributed by atoms with van der Waals surface area (Å²) in [5.74, 6) is -0.585. The van der Waals surface area contributed by atoms with E-state index in [4.69, 9.17) is 0 Å². The van der Waals surface area contributed by atoms with Gasteiger partial charge in [0.25, 0.3) is 0 Å². The number of alkyl halides is 3. The number of nitrogens with one attached hydrogen (secondary N) is 1. The van der Waals surface area contributed by atoms with Gasteiger partial charge in [0.1, 0.15) is 5.82 Å². The summed E-state index contributed by atoms with van der Waals surface area (Å²) >= 11 is 0. The van der Waals surface area contributed by atoms with Crippen molar-refractivity contribution in [2.75, 3.05) is 5.32 Å². The Bertz CT molecular complexity index is 599. The van der Waals surface area contributed by atoms with Gasteiger partial charge in [-0.2, -0.15) is 13.2 Å². The second kappa shape index (κ2) is 5.68. The molecule has 1 amide bonds. The second-order valence-electron chi connectivity index (χ2n) is 4.01. The normalized spacial score (nSPS) is 11.2. The maximum absolute atomic E-state index is 12.5. The fraction of sp³-hybridized carbons (Fsp3) is 0.154. The van der Waals surface area contributed by atoms with Crippen LogP contribution in [-0.2, 0) is 17.4 Å². The van der Waals surface area contributed by atoms with E-state index in [1.165, 1.54) is 6.20 Å². The Morgan fingerprint density at radius 3 is 2.70 bits per heavy atom. The molecule has 0 fully saturated rings. The van der Waals surface area contributed by atoms with Crippen LogP contribution in [-0.4, -0.2) is 15.9 Å². The molecule has 7 heteroatoms. The zero-order valence-electron chi connectivity index (χ0n) is 10.2. The minimum Gasteiger partial charge on any atom is -0.310 e. The van der Waals surface area contributed by atoms with Crippen molar-refractivity contribution in [2.24, 2.45) is 0 Å².